The molecule has 0 radical (unpaired) electrons. The Morgan fingerprint density at radius 2 is 1.65 bits per heavy atom. The number of esters is 1. The SMILES string of the molecule is COC(=O)CC1c2ccccc2-c2ccccc2N1S(=O)(=O)Cc1ccc(Cl)c(Cl)c1. The molecule has 1 aliphatic rings. The predicted molar refractivity (Wildman–Crippen MR) is 123 cm³/mol. The molecule has 0 bridgehead atoms. The van der Waals surface area contributed by atoms with Crippen molar-refractivity contribution in [3.8, 4) is 11.1 Å². The van der Waals surface area contributed by atoms with Gasteiger partial charge in [0.15, 0.2) is 0 Å². The highest BCUT2D eigenvalue weighted by Gasteiger charge is 2.39. The van der Waals surface area contributed by atoms with Gasteiger partial charge in [-0.25, -0.2) is 8.42 Å². The number of carbonyl (C=O) groups is 1. The van der Waals surface area contributed by atoms with Crippen LogP contribution in [0.3, 0.4) is 0 Å². The molecule has 3 aromatic rings. The number of carbonyl (C=O) groups excluding carboxylic acids is 1. The van der Waals surface area contributed by atoms with E-state index in [0.717, 1.165) is 16.7 Å². The molecule has 160 valence electrons. The van der Waals surface area contributed by atoms with Gasteiger partial charge in [0.2, 0.25) is 10.0 Å². The van der Waals surface area contributed by atoms with Crippen LogP contribution >= 0.6 is 23.2 Å². The Morgan fingerprint density at radius 1 is 0.968 bits per heavy atom. The Bertz CT molecular complexity index is 1260. The first-order chi connectivity index (χ1) is 14.8. The van der Waals surface area contributed by atoms with E-state index < -0.39 is 22.0 Å². The summed E-state index contributed by atoms with van der Waals surface area (Å²) in [6, 6.07) is 18.8. The van der Waals surface area contributed by atoms with Crippen molar-refractivity contribution >= 4 is 44.9 Å². The maximum atomic E-state index is 13.7. The molecule has 3 aromatic carbocycles. The number of nitrogens with zero attached hydrogens (tertiary/aromatic N) is 1. The lowest BCUT2D eigenvalue weighted by Gasteiger charge is -2.38. The zero-order chi connectivity index (χ0) is 22.2. The number of methoxy groups -OCH3 is 1. The van der Waals surface area contributed by atoms with Crippen LogP contribution in [0.15, 0.2) is 66.7 Å². The molecular formula is C23H19Cl2NO4S. The molecule has 1 heterocycles. The zero-order valence-corrected chi connectivity index (χ0v) is 18.9. The predicted octanol–water partition coefficient (Wildman–Crippen LogP) is 5.61. The third kappa shape index (κ3) is 4.15. The summed E-state index contributed by atoms with van der Waals surface area (Å²) in [5.41, 5.74) is 3.46. The van der Waals surface area contributed by atoms with Gasteiger partial charge in [0.1, 0.15) is 0 Å². The van der Waals surface area contributed by atoms with Crippen LogP contribution in [0.5, 0.6) is 0 Å². The van der Waals surface area contributed by atoms with E-state index in [1.165, 1.54) is 11.4 Å². The van der Waals surface area contributed by atoms with Crippen LogP contribution in [-0.4, -0.2) is 21.5 Å². The van der Waals surface area contributed by atoms with Gasteiger partial charge in [-0.15, -0.1) is 0 Å². The van der Waals surface area contributed by atoms with E-state index in [1.807, 2.05) is 36.4 Å². The van der Waals surface area contributed by atoms with Crippen LogP contribution < -0.4 is 4.31 Å². The molecule has 0 fully saturated rings. The number of anilines is 1. The van der Waals surface area contributed by atoms with Crippen molar-refractivity contribution in [1.29, 1.82) is 0 Å². The Labute approximate surface area is 191 Å². The van der Waals surface area contributed by atoms with Crippen LogP contribution in [0.2, 0.25) is 10.0 Å². The standard InChI is InChI=1S/C23H19Cl2NO4S/c1-30-23(27)13-22-18-8-3-2-6-16(18)17-7-4-5-9-21(17)26(22)31(28,29)14-15-10-11-19(24)20(25)12-15/h2-12,22H,13-14H2,1H3. The first-order valence-corrected chi connectivity index (χ1v) is 11.9. The van der Waals surface area contributed by atoms with Gasteiger partial charge in [0.05, 0.1) is 41.1 Å². The van der Waals surface area contributed by atoms with Gasteiger partial charge in [0.25, 0.3) is 0 Å². The van der Waals surface area contributed by atoms with E-state index in [-0.39, 0.29) is 17.2 Å². The Balaban J connectivity index is 1.86. The number of ether oxygens (including phenoxy) is 1. The minimum atomic E-state index is -3.90. The van der Waals surface area contributed by atoms with Gasteiger partial charge in [-0.05, 0) is 34.9 Å². The number of rotatable bonds is 5. The lowest BCUT2D eigenvalue weighted by molar-refractivity contribution is -0.141. The fourth-order valence-corrected chi connectivity index (χ4v) is 6.00. The van der Waals surface area contributed by atoms with Crippen molar-refractivity contribution in [3.05, 3.63) is 87.9 Å². The van der Waals surface area contributed by atoms with E-state index in [1.54, 1.807) is 30.3 Å². The molecule has 1 unspecified atom stereocenters. The average molecular weight is 476 g/mol. The van der Waals surface area contributed by atoms with Crippen molar-refractivity contribution in [1.82, 2.24) is 0 Å². The van der Waals surface area contributed by atoms with Crippen LogP contribution in [-0.2, 0) is 25.3 Å². The molecule has 0 saturated carbocycles. The van der Waals surface area contributed by atoms with E-state index in [4.69, 9.17) is 27.9 Å². The molecule has 8 heteroatoms. The molecule has 1 aliphatic heterocycles. The smallest absolute Gasteiger partial charge is 0.307 e. The van der Waals surface area contributed by atoms with Crippen molar-refractivity contribution in [2.75, 3.05) is 11.4 Å². The maximum absolute atomic E-state index is 13.7. The zero-order valence-electron chi connectivity index (χ0n) is 16.6. The summed E-state index contributed by atoms with van der Waals surface area (Å²) in [5.74, 6) is -0.785. The lowest BCUT2D eigenvalue weighted by Crippen LogP contribution is -2.39. The number of hydrogen-bond donors (Lipinski definition) is 0. The highest BCUT2D eigenvalue weighted by Crippen LogP contribution is 2.47. The number of sulfonamides is 1. The van der Waals surface area contributed by atoms with Gasteiger partial charge < -0.3 is 4.74 Å². The molecule has 0 aromatic heterocycles. The second-order valence-electron chi connectivity index (χ2n) is 7.20. The summed E-state index contributed by atoms with van der Waals surface area (Å²) in [6.45, 7) is 0. The summed E-state index contributed by atoms with van der Waals surface area (Å²) in [5, 5.41) is 0.633. The number of benzene rings is 3. The quantitative estimate of drug-likeness (QED) is 0.449. The van der Waals surface area contributed by atoms with Gasteiger partial charge in [-0.1, -0.05) is 71.7 Å². The minimum Gasteiger partial charge on any atom is -0.469 e. The first-order valence-electron chi connectivity index (χ1n) is 9.53. The number of para-hydroxylation sites is 1. The Morgan fingerprint density at radius 3 is 2.35 bits per heavy atom. The second kappa shape index (κ2) is 8.54. The summed E-state index contributed by atoms with van der Waals surface area (Å²) in [6.07, 6.45) is -0.109. The van der Waals surface area contributed by atoms with Crippen LogP contribution in [0.25, 0.3) is 11.1 Å². The third-order valence-corrected chi connectivity index (χ3v) is 7.74. The molecule has 0 N–H and O–H groups in total. The molecule has 0 aliphatic carbocycles. The highest BCUT2D eigenvalue weighted by atomic mass is 35.5. The summed E-state index contributed by atoms with van der Waals surface area (Å²) >= 11 is 12.1. The Hall–Kier alpha value is -2.54. The van der Waals surface area contributed by atoms with E-state index in [9.17, 15) is 13.2 Å². The molecule has 5 nitrogen and oxygen atoms in total. The average Bonchev–Trinajstić information content (AvgIpc) is 2.76. The topological polar surface area (TPSA) is 63.7 Å². The van der Waals surface area contributed by atoms with E-state index in [0.29, 0.717) is 16.3 Å². The number of hydrogen-bond acceptors (Lipinski definition) is 4. The lowest BCUT2D eigenvalue weighted by atomic mass is 9.88. The normalized spacial score (nSPS) is 15.2. The van der Waals surface area contributed by atoms with E-state index >= 15 is 0 Å². The minimum absolute atomic E-state index is 0.109. The number of halogens is 2. The van der Waals surface area contributed by atoms with E-state index in [2.05, 4.69) is 0 Å². The van der Waals surface area contributed by atoms with Gasteiger partial charge in [0, 0.05) is 5.56 Å². The van der Waals surface area contributed by atoms with Crippen LogP contribution in [0, 0.1) is 0 Å². The molecule has 4 rings (SSSR count). The third-order valence-electron chi connectivity index (χ3n) is 5.25. The first kappa shape index (κ1) is 21.7. The largest absolute Gasteiger partial charge is 0.469 e. The van der Waals surface area contributed by atoms with Crippen LogP contribution in [0.4, 0.5) is 5.69 Å². The van der Waals surface area contributed by atoms with Crippen molar-refractivity contribution in [3.63, 3.8) is 0 Å². The molecule has 0 saturated heterocycles. The van der Waals surface area contributed by atoms with Crippen molar-refractivity contribution in [2.24, 2.45) is 0 Å². The van der Waals surface area contributed by atoms with Crippen molar-refractivity contribution < 1.29 is 17.9 Å². The van der Waals surface area contributed by atoms with Gasteiger partial charge in [-0.3, -0.25) is 9.10 Å². The molecule has 1 atom stereocenters. The molecular weight excluding hydrogens is 457 g/mol. The maximum Gasteiger partial charge on any atom is 0.307 e. The van der Waals surface area contributed by atoms with Crippen molar-refractivity contribution in [2.45, 2.75) is 18.2 Å². The monoisotopic (exact) mass is 475 g/mol. The molecule has 0 spiro atoms. The van der Waals surface area contributed by atoms with Gasteiger partial charge in [-0.2, -0.15) is 0 Å². The Kier molecular flexibility index (Phi) is 5.97. The molecule has 31 heavy (non-hydrogen) atoms. The summed E-state index contributed by atoms with van der Waals surface area (Å²) in [7, 11) is -2.61. The highest BCUT2D eigenvalue weighted by molar-refractivity contribution is 7.92. The molecule has 0 amide bonds. The second-order valence-corrected chi connectivity index (χ2v) is 9.86. The summed E-state index contributed by atoms with van der Waals surface area (Å²) < 4.78 is 33.6. The summed E-state index contributed by atoms with van der Waals surface area (Å²) in [4.78, 5) is 12.2. The van der Waals surface area contributed by atoms with Crippen LogP contribution in [0.1, 0.15) is 23.6 Å². The fourth-order valence-electron chi connectivity index (χ4n) is 3.91. The van der Waals surface area contributed by atoms with Gasteiger partial charge >= 0.3 is 5.97 Å². The fraction of sp³-hybridized carbons (Fsp3) is 0.174. The number of fused-ring (bicyclic) bond motifs is 3.